The molecular formula is C26H30N2O5S. The summed E-state index contributed by atoms with van der Waals surface area (Å²) >= 11 is 1.60. The highest BCUT2D eigenvalue weighted by atomic mass is 32.1. The van der Waals surface area contributed by atoms with Crippen LogP contribution in [0.5, 0.6) is 0 Å². The lowest BCUT2D eigenvalue weighted by Crippen LogP contribution is -2.43. The summed E-state index contributed by atoms with van der Waals surface area (Å²) in [6.45, 7) is 7.63. The van der Waals surface area contributed by atoms with E-state index in [4.69, 9.17) is 9.47 Å². The summed E-state index contributed by atoms with van der Waals surface area (Å²) in [5, 5.41) is 8.58. The molecule has 0 fully saturated rings. The molecule has 7 nitrogen and oxygen atoms in total. The summed E-state index contributed by atoms with van der Waals surface area (Å²) in [4.78, 5) is 37.3. The van der Waals surface area contributed by atoms with Gasteiger partial charge in [0.05, 0.1) is 6.61 Å². The summed E-state index contributed by atoms with van der Waals surface area (Å²) in [6, 6.07) is 14.0. The summed E-state index contributed by atoms with van der Waals surface area (Å²) in [5.74, 6) is -0.839. The zero-order valence-corrected chi connectivity index (χ0v) is 20.7. The Morgan fingerprint density at radius 3 is 2.41 bits per heavy atom. The highest BCUT2D eigenvalue weighted by Gasteiger charge is 2.24. The van der Waals surface area contributed by atoms with E-state index in [0.717, 1.165) is 21.2 Å². The van der Waals surface area contributed by atoms with E-state index in [2.05, 4.69) is 10.6 Å². The third-order valence-electron chi connectivity index (χ3n) is 4.91. The molecule has 2 N–H and O–H groups in total. The molecule has 1 aromatic heterocycles. The van der Waals surface area contributed by atoms with E-state index in [9.17, 15) is 14.4 Å². The van der Waals surface area contributed by atoms with E-state index in [1.165, 1.54) is 0 Å². The number of thiophene rings is 1. The number of benzene rings is 2. The number of carbonyl (C=O) groups excluding carboxylic acids is 3. The molecule has 180 valence electrons. The number of alkyl carbamates (subject to hydrolysis) is 1. The maximum absolute atomic E-state index is 12.9. The van der Waals surface area contributed by atoms with Gasteiger partial charge in [-0.2, -0.15) is 0 Å². The van der Waals surface area contributed by atoms with Crippen molar-refractivity contribution >= 4 is 39.4 Å². The minimum absolute atomic E-state index is 0.231. The molecule has 0 saturated carbocycles. The Balaban J connectivity index is 1.65. The number of carbonyl (C=O) groups is 3. The maximum atomic E-state index is 12.9. The highest BCUT2D eigenvalue weighted by molar-refractivity contribution is 7.17. The van der Waals surface area contributed by atoms with Gasteiger partial charge in [0.2, 0.25) is 0 Å². The number of hydrogen-bond donors (Lipinski definition) is 2. The molecule has 0 aliphatic carbocycles. The average Bonchev–Trinajstić information content (AvgIpc) is 3.19. The molecule has 0 unspecified atom stereocenters. The molecule has 0 saturated heterocycles. The summed E-state index contributed by atoms with van der Waals surface area (Å²) < 4.78 is 11.6. The van der Waals surface area contributed by atoms with Crippen LogP contribution in [0.15, 0.2) is 53.9 Å². The van der Waals surface area contributed by atoms with Gasteiger partial charge in [-0.3, -0.25) is 4.79 Å². The molecule has 0 spiro atoms. The van der Waals surface area contributed by atoms with Gasteiger partial charge in [0.25, 0.3) is 5.91 Å². The van der Waals surface area contributed by atoms with Crippen molar-refractivity contribution < 1.29 is 23.9 Å². The van der Waals surface area contributed by atoms with Crippen LogP contribution in [0, 0.1) is 0 Å². The Hall–Kier alpha value is -3.39. The zero-order chi connectivity index (χ0) is 24.7. The first-order chi connectivity index (χ1) is 16.2. The number of fused-ring (bicyclic) bond motifs is 1. The molecule has 34 heavy (non-hydrogen) atoms. The van der Waals surface area contributed by atoms with E-state index >= 15 is 0 Å². The molecule has 3 rings (SSSR count). The van der Waals surface area contributed by atoms with Gasteiger partial charge in [-0.15, -0.1) is 11.3 Å². The topological polar surface area (TPSA) is 93.7 Å². The number of rotatable bonds is 8. The fourth-order valence-corrected chi connectivity index (χ4v) is 4.33. The molecule has 1 heterocycles. The highest BCUT2D eigenvalue weighted by Crippen LogP contribution is 2.26. The van der Waals surface area contributed by atoms with Crippen molar-refractivity contribution in [1.29, 1.82) is 0 Å². The van der Waals surface area contributed by atoms with E-state index in [-0.39, 0.29) is 19.1 Å². The number of ether oxygens (including phenoxy) is 2. The van der Waals surface area contributed by atoms with E-state index in [1.807, 2.05) is 29.6 Å². The summed E-state index contributed by atoms with van der Waals surface area (Å²) in [7, 11) is 0. The van der Waals surface area contributed by atoms with Crippen LogP contribution in [0.4, 0.5) is 4.79 Å². The molecule has 0 radical (unpaired) electrons. The number of hydrogen-bond acceptors (Lipinski definition) is 6. The monoisotopic (exact) mass is 482 g/mol. The van der Waals surface area contributed by atoms with Gasteiger partial charge in [0.15, 0.2) is 0 Å². The van der Waals surface area contributed by atoms with Gasteiger partial charge in [-0.05, 0) is 67.8 Å². The van der Waals surface area contributed by atoms with Crippen molar-refractivity contribution in [1.82, 2.24) is 10.6 Å². The lowest BCUT2D eigenvalue weighted by molar-refractivity contribution is -0.145. The van der Waals surface area contributed by atoms with Crippen molar-refractivity contribution in [3.05, 3.63) is 70.6 Å². The number of nitrogens with one attached hydrogen (secondary N) is 2. The van der Waals surface area contributed by atoms with Gasteiger partial charge in [-0.25, -0.2) is 9.59 Å². The van der Waals surface area contributed by atoms with Gasteiger partial charge in [-0.1, -0.05) is 30.3 Å². The van der Waals surface area contributed by atoms with E-state index < -0.39 is 23.7 Å². The van der Waals surface area contributed by atoms with Crippen LogP contribution in [0.1, 0.15) is 49.2 Å². The Morgan fingerprint density at radius 2 is 1.74 bits per heavy atom. The average molecular weight is 483 g/mol. The molecule has 2 amide bonds. The predicted molar refractivity (Wildman–Crippen MR) is 133 cm³/mol. The molecule has 1 atom stereocenters. The van der Waals surface area contributed by atoms with Crippen LogP contribution >= 0.6 is 11.3 Å². The van der Waals surface area contributed by atoms with Crippen molar-refractivity contribution in [2.45, 2.75) is 52.3 Å². The normalized spacial score (nSPS) is 12.1. The Morgan fingerprint density at radius 1 is 1.03 bits per heavy atom. The lowest BCUT2D eigenvalue weighted by Gasteiger charge is -2.19. The summed E-state index contributed by atoms with van der Waals surface area (Å²) in [5.41, 5.74) is 1.64. The van der Waals surface area contributed by atoms with Crippen LogP contribution < -0.4 is 10.6 Å². The zero-order valence-electron chi connectivity index (χ0n) is 19.8. The molecular weight excluding hydrogens is 452 g/mol. The van der Waals surface area contributed by atoms with Gasteiger partial charge >= 0.3 is 12.1 Å². The van der Waals surface area contributed by atoms with Crippen LogP contribution in [0.3, 0.4) is 0 Å². The van der Waals surface area contributed by atoms with Gasteiger partial charge < -0.3 is 20.1 Å². The Kier molecular flexibility index (Phi) is 8.28. The molecule has 0 bridgehead atoms. The van der Waals surface area contributed by atoms with Crippen LogP contribution in [-0.2, 0) is 27.2 Å². The fraction of sp³-hybridized carbons (Fsp3) is 0.346. The predicted octanol–water partition coefficient (Wildman–Crippen LogP) is 4.83. The third-order valence-corrected chi connectivity index (χ3v) is 5.93. The molecule has 3 aromatic rings. The van der Waals surface area contributed by atoms with Crippen molar-refractivity contribution in [2.24, 2.45) is 0 Å². The van der Waals surface area contributed by atoms with Crippen molar-refractivity contribution in [2.75, 3.05) is 6.61 Å². The fourth-order valence-electron chi connectivity index (χ4n) is 3.35. The molecule has 8 heteroatoms. The second kappa shape index (κ2) is 11.2. The lowest BCUT2D eigenvalue weighted by atomic mass is 10.0. The minimum Gasteiger partial charge on any atom is -0.464 e. The smallest absolute Gasteiger partial charge is 0.407 e. The minimum atomic E-state index is -0.807. The quantitative estimate of drug-likeness (QED) is 0.449. The van der Waals surface area contributed by atoms with Crippen LogP contribution in [-0.4, -0.2) is 36.2 Å². The van der Waals surface area contributed by atoms with E-state index in [1.54, 1.807) is 63.3 Å². The molecule has 0 aliphatic rings. The SMILES string of the molecule is CCOC(=O)[C@@H](Cc1csc2ccccc12)NC(=O)c1ccc(CNC(=O)OC(C)(C)C)cc1. The number of amides is 2. The third kappa shape index (κ3) is 7.05. The van der Waals surface area contributed by atoms with Gasteiger partial charge in [0, 0.05) is 23.2 Å². The Labute approximate surface area is 203 Å². The largest absolute Gasteiger partial charge is 0.464 e. The first-order valence-corrected chi connectivity index (χ1v) is 12.0. The van der Waals surface area contributed by atoms with Gasteiger partial charge in [0.1, 0.15) is 11.6 Å². The maximum Gasteiger partial charge on any atom is 0.407 e. The standard InChI is InChI=1S/C26H30N2O5S/c1-5-32-24(30)21(14-19-16-34-22-9-7-6-8-20(19)22)28-23(29)18-12-10-17(11-13-18)15-27-25(31)33-26(2,3)4/h6-13,16,21H,5,14-15H2,1-4H3,(H,27,31)(H,28,29)/t21-/m1/s1. The number of esters is 1. The first kappa shape index (κ1) is 25.2. The second-order valence-corrected chi connectivity index (χ2v) is 9.70. The first-order valence-electron chi connectivity index (χ1n) is 11.1. The van der Waals surface area contributed by atoms with E-state index in [0.29, 0.717) is 12.0 Å². The molecule has 0 aliphatic heterocycles. The second-order valence-electron chi connectivity index (χ2n) is 8.79. The van der Waals surface area contributed by atoms with Crippen LogP contribution in [0.25, 0.3) is 10.1 Å². The van der Waals surface area contributed by atoms with Crippen molar-refractivity contribution in [3.8, 4) is 0 Å². The van der Waals surface area contributed by atoms with Crippen molar-refractivity contribution in [3.63, 3.8) is 0 Å². The van der Waals surface area contributed by atoms with Crippen LogP contribution in [0.2, 0.25) is 0 Å². The Bertz CT molecular complexity index is 1150. The molecule has 2 aromatic carbocycles. The summed E-state index contributed by atoms with van der Waals surface area (Å²) in [6.07, 6.45) is -0.167.